The average molecular weight is 321 g/mol. The highest BCUT2D eigenvalue weighted by molar-refractivity contribution is 5.95. The summed E-state index contributed by atoms with van der Waals surface area (Å²) < 4.78 is 5.02. The van der Waals surface area contributed by atoms with Crippen LogP contribution in [-0.2, 0) is 19.1 Å². The van der Waals surface area contributed by atoms with Crippen LogP contribution >= 0.6 is 0 Å². The van der Waals surface area contributed by atoms with Gasteiger partial charge in [-0.25, -0.2) is 0 Å². The predicted molar refractivity (Wildman–Crippen MR) is 88.3 cm³/mol. The van der Waals surface area contributed by atoms with E-state index in [0.29, 0.717) is 5.69 Å². The van der Waals surface area contributed by atoms with Crippen LogP contribution < -0.4 is 15.5 Å². The highest BCUT2D eigenvalue weighted by Crippen LogP contribution is 2.16. The van der Waals surface area contributed by atoms with Gasteiger partial charge in [-0.2, -0.15) is 0 Å². The number of nitrogens with zero attached hydrogens (tertiary/aromatic N) is 1. The first-order valence-electron chi connectivity index (χ1n) is 7.31. The van der Waals surface area contributed by atoms with Gasteiger partial charge in [-0.1, -0.05) is 0 Å². The predicted octanol–water partition coefficient (Wildman–Crippen LogP) is 1.15. The maximum absolute atomic E-state index is 12.0. The summed E-state index contributed by atoms with van der Waals surface area (Å²) in [5.74, 6) is -1.16. The van der Waals surface area contributed by atoms with Crippen LogP contribution in [0.1, 0.15) is 20.3 Å². The molecule has 0 aliphatic heterocycles. The van der Waals surface area contributed by atoms with Crippen LogP contribution in [0, 0.1) is 0 Å². The zero-order chi connectivity index (χ0) is 17.4. The lowest BCUT2D eigenvalue weighted by atomic mass is 10.2. The van der Waals surface area contributed by atoms with Crippen molar-refractivity contribution in [3.8, 4) is 0 Å². The van der Waals surface area contributed by atoms with E-state index in [1.54, 1.807) is 12.1 Å². The van der Waals surface area contributed by atoms with Crippen molar-refractivity contribution in [3.05, 3.63) is 24.3 Å². The van der Waals surface area contributed by atoms with Gasteiger partial charge in [-0.05, 0) is 31.2 Å². The molecule has 0 heterocycles. The lowest BCUT2D eigenvalue weighted by Crippen LogP contribution is -2.31. The zero-order valence-electron chi connectivity index (χ0n) is 13.9. The molecule has 126 valence electrons. The Morgan fingerprint density at radius 3 is 2.30 bits per heavy atom. The molecule has 1 unspecified atom stereocenters. The lowest BCUT2D eigenvalue weighted by molar-refractivity contribution is -0.153. The third kappa shape index (κ3) is 6.82. The van der Waals surface area contributed by atoms with E-state index in [1.807, 2.05) is 31.1 Å². The molecule has 0 saturated heterocycles. The molecule has 0 aromatic heterocycles. The molecular formula is C16H23N3O4. The summed E-state index contributed by atoms with van der Waals surface area (Å²) in [4.78, 5) is 36.2. The van der Waals surface area contributed by atoms with E-state index < -0.39 is 18.0 Å². The molecule has 7 heteroatoms. The summed E-state index contributed by atoms with van der Waals surface area (Å²) in [6, 6.07) is 7.30. The monoisotopic (exact) mass is 321 g/mol. The van der Waals surface area contributed by atoms with Gasteiger partial charge >= 0.3 is 5.97 Å². The van der Waals surface area contributed by atoms with Crippen molar-refractivity contribution in [3.63, 3.8) is 0 Å². The minimum absolute atomic E-state index is 0.0226. The van der Waals surface area contributed by atoms with Crippen LogP contribution in [-0.4, -0.2) is 44.5 Å². The maximum atomic E-state index is 12.0. The first-order valence-corrected chi connectivity index (χ1v) is 7.31. The van der Waals surface area contributed by atoms with Gasteiger partial charge in [-0.15, -0.1) is 0 Å². The zero-order valence-corrected chi connectivity index (χ0v) is 13.9. The number of anilines is 2. The summed E-state index contributed by atoms with van der Waals surface area (Å²) in [6.45, 7) is 3.05. The number of ether oxygens (including phenoxy) is 1. The van der Waals surface area contributed by atoms with E-state index in [-0.39, 0.29) is 18.9 Å². The quantitative estimate of drug-likeness (QED) is 0.736. The van der Waals surface area contributed by atoms with Gasteiger partial charge in [0.2, 0.25) is 5.91 Å². The van der Waals surface area contributed by atoms with Gasteiger partial charge in [0.25, 0.3) is 5.91 Å². The fourth-order valence-electron chi connectivity index (χ4n) is 1.74. The molecule has 0 bridgehead atoms. The topological polar surface area (TPSA) is 87.7 Å². The van der Waals surface area contributed by atoms with E-state index >= 15 is 0 Å². The Labute approximate surface area is 136 Å². The Morgan fingerprint density at radius 1 is 1.17 bits per heavy atom. The molecule has 0 aliphatic rings. The Morgan fingerprint density at radius 2 is 1.78 bits per heavy atom. The van der Waals surface area contributed by atoms with Crippen LogP contribution in [0.5, 0.6) is 0 Å². The molecule has 0 saturated carbocycles. The van der Waals surface area contributed by atoms with E-state index in [2.05, 4.69) is 10.6 Å². The summed E-state index contributed by atoms with van der Waals surface area (Å²) >= 11 is 0. The number of hydrogen-bond acceptors (Lipinski definition) is 5. The molecular weight excluding hydrogens is 298 g/mol. The molecule has 7 nitrogen and oxygen atoms in total. The van der Waals surface area contributed by atoms with E-state index in [4.69, 9.17) is 4.74 Å². The van der Waals surface area contributed by atoms with E-state index in [1.165, 1.54) is 13.8 Å². The number of nitrogens with one attached hydrogen (secondary N) is 2. The van der Waals surface area contributed by atoms with Crippen LogP contribution in [0.3, 0.4) is 0 Å². The van der Waals surface area contributed by atoms with Gasteiger partial charge in [-0.3, -0.25) is 14.4 Å². The summed E-state index contributed by atoms with van der Waals surface area (Å²) in [6.07, 6.45) is -0.886. The molecule has 0 radical (unpaired) electrons. The lowest BCUT2D eigenvalue weighted by Gasteiger charge is -2.15. The standard InChI is InChI=1S/C16H23N3O4/c1-11(23-15(21)9-10-17-12(2)20)16(22)18-13-5-7-14(8-6-13)19(3)4/h5-8,11H,9-10H2,1-4H3,(H,17,20)(H,18,22). The number of benzene rings is 1. The Kier molecular flexibility index (Phi) is 7.05. The van der Waals surface area contributed by atoms with Crippen molar-refractivity contribution >= 4 is 29.2 Å². The second-order valence-corrected chi connectivity index (χ2v) is 5.30. The van der Waals surface area contributed by atoms with Crippen LogP contribution in [0.4, 0.5) is 11.4 Å². The van der Waals surface area contributed by atoms with Crippen molar-refractivity contribution in [1.82, 2.24) is 5.32 Å². The number of carbonyl (C=O) groups excluding carboxylic acids is 3. The molecule has 0 spiro atoms. The van der Waals surface area contributed by atoms with Crippen LogP contribution in [0.25, 0.3) is 0 Å². The number of rotatable bonds is 7. The SMILES string of the molecule is CC(=O)NCCC(=O)OC(C)C(=O)Nc1ccc(N(C)C)cc1. The third-order valence-electron chi connectivity index (χ3n) is 3.03. The van der Waals surface area contributed by atoms with Crippen LogP contribution in [0.15, 0.2) is 24.3 Å². The van der Waals surface area contributed by atoms with Gasteiger partial charge in [0.1, 0.15) is 0 Å². The first-order chi connectivity index (χ1) is 10.8. The molecule has 0 aliphatic carbocycles. The number of carbonyl (C=O) groups is 3. The highest BCUT2D eigenvalue weighted by atomic mass is 16.5. The van der Waals surface area contributed by atoms with E-state index in [0.717, 1.165) is 5.69 Å². The van der Waals surface area contributed by atoms with Crippen molar-refractivity contribution in [2.75, 3.05) is 30.9 Å². The van der Waals surface area contributed by atoms with Crippen LogP contribution in [0.2, 0.25) is 0 Å². The number of hydrogen-bond donors (Lipinski definition) is 2. The molecule has 23 heavy (non-hydrogen) atoms. The Balaban J connectivity index is 2.44. The summed E-state index contributed by atoms with van der Waals surface area (Å²) in [5.41, 5.74) is 1.64. The third-order valence-corrected chi connectivity index (χ3v) is 3.03. The smallest absolute Gasteiger partial charge is 0.308 e. The Hall–Kier alpha value is -2.57. The first kappa shape index (κ1) is 18.5. The van der Waals surface area contributed by atoms with Crippen molar-refractivity contribution in [2.24, 2.45) is 0 Å². The van der Waals surface area contributed by atoms with Crippen molar-refractivity contribution in [1.29, 1.82) is 0 Å². The Bertz CT molecular complexity index is 555. The summed E-state index contributed by atoms with van der Waals surface area (Å²) in [5, 5.41) is 5.17. The van der Waals surface area contributed by atoms with Crippen molar-refractivity contribution < 1.29 is 19.1 Å². The maximum Gasteiger partial charge on any atom is 0.308 e. The van der Waals surface area contributed by atoms with Gasteiger partial charge in [0, 0.05) is 38.9 Å². The average Bonchev–Trinajstić information content (AvgIpc) is 2.47. The van der Waals surface area contributed by atoms with Gasteiger partial charge in [0.15, 0.2) is 6.10 Å². The minimum atomic E-state index is -0.909. The fourth-order valence-corrected chi connectivity index (χ4v) is 1.74. The largest absolute Gasteiger partial charge is 0.452 e. The van der Waals surface area contributed by atoms with Gasteiger partial charge < -0.3 is 20.3 Å². The van der Waals surface area contributed by atoms with Gasteiger partial charge in [0.05, 0.1) is 6.42 Å². The van der Waals surface area contributed by atoms with Crippen molar-refractivity contribution in [2.45, 2.75) is 26.4 Å². The second-order valence-electron chi connectivity index (χ2n) is 5.30. The highest BCUT2D eigenvalue weighted by Gasteiger charge is 2.17. The molecule has 2 amide bonds. The minimum Gasteiger partial charge on any atom is -0.452 e. The summed E-state index contributed by atoms with van der Waals surface area (Å²) in [7, 11) is 3.85. The normalized spacial score (nSPS) is 11.3. The molecule has 1 rings (SSSR count). The molecule has 1 aromatic rings. The van der Waals surface area contributed by atoms with E-state index in [9.17, 15) is 14.4 Å². The molecule has 2 N–H and O–H groups in total. The molecule has 0 fully saturated rings. The molecule has 1 atom stereocenters. The number of esters is 1. The fraction of sp³-hybridized carbons (Fsp3) is 0.438. The molecule has 1 aromatic carbocycles. The second kappa shape index (κ2) is 8.77. The number of amides is 2.